The summed E-state index contributed by atoms with van der Waals surface area (Å²) in [6.07, 6.45) is 1.38. The van der Waals surface area contributed by atoms with Crippen LogP contribution in [0.5, 0.6) is 0 Å². The van der Waals surface area contributed by atoms with Crippen molar-refractivity contribution in [3.8, 4) is 0 Å². The van der Waals surface area contributed by atoms with E-state index in [2.05, 4.69) is 50.2 Å². The first-order chi connectivity index (χ1) is 14.5. The maximum atomic E-state index is 12.8. The van der Waals surface area contributed by atoms with Gasteiger partial charge in [-0.1, -0.05) is 56.3 Å². The van der Waals surface area contributed by atoms with Gasteiger partial charge in [-0.2, -0.15) is 0 Å². The smallest absolute Gasteiger partial charge is 0.227 e. The molecule has 4 rings (SSSR count). The Balaban J connectivity index is 1.24. The highest BCUT2D eigenvalue weighted by molar-refractivity contribution is 7.99. The van der Waals surface area contributed by atoms with Crippen molar-refractivity contribution in [3.63, 3.8) is 0 Å². The van der Waals surface area contributed by atoms with Crippen molar-refractivity contribution in [2.75, 3.05) is 26.2 Å². The Kier molecular flexibility index (Phi) is 6.47. The topological polar surface area (TPSA) is 40.6 Å². The monoisotopic (exact) mass is 422 g/mol. The predicted molar refractivity (Wildman–Crippen MR) is 122 cm³/mol. The molecule has 1 saturated heterocycles. The molecule has 5 heteroatoms. The first-order valence-corrected chi connectivity index (χ1v) is 11.8. The number of hydrogen-bond donors (Lipinski definition) is 0. The van der Waals surface area contributed by atoms with Crippen LogP contribution in [0, 0.1) is 5.92 Å². The molecule has 2 unspecified atom stereocenters. The third-order valence-electron chi connectivity index (χ3n) is 5.93. The van der Waals surface area contributed by atoms with Crippen LogP contribution in [-0.2, 0) is 16.0 Å². The van der Waals surface area contributed by atoms with Crippen molar-refractivity contribution in [1.29, 1.82) is 0 Å². The molecule has 2 fully saturated rings. The summed E-state index contributed by atoms with van der Waals surface area (Å²) < 4.78 is 0. The van der Waals surface area contributed by atoms with Gasteiger partial charge in [0.1, 0.15) is 0 Å². The SMILES string of the molecule is CC(C)Sc1ccc(CC(=O)N2CCN(C(=O)C3CC3c3ccccc3)CC2)cc1. The van der Waals surface area contributed by atoms with E-state index in [1.54, 1.807) is 0 Å². The summed E-state index contributed by atoms with van der Waals surface area (Å²) in [5.74, 6) is 0.904. The van der Waals surface area contributed by atoms with Crippen molar-refractivity contribution in [2.24, 2.45) is 5.92 Å². The van der Waals surface area contributed by atoms with Gasteiger partial charge in [0.2, 0.25) is 11.8 Å². The molecular weight excluding hydrogens is 392 g/mol. The normalized spacial score (nSPS) is 21.0. The van der Waals surface area contributed by atoms with Crippen LogP contribution in [0.1, 0.15) is 37.3 Å². The summed E-state index contributed by atoms with van der Waals surface area (Å²) in [7, 11) is 0. The molecule has 1 aliphatic carbocycles. The van der Waals surface area contributed by atoms with E-state index in [1.807, 2.05) is 39.8 Å². The van der Waals surface area contributed by atoms with Gasteiger partial charge in [-0.3, -0.25) is 9.59 Å². The highest BCUT2D eigenvalue weighted by Crippen LogP contribution is 2.48. The molecule has 2 aliphatic rings. The van der Waals surface area contributed by atoms with Crippen LogP contribution < -0.4 is 0 Å². The van der Waals surface area contributed by atoms with E-state index in [9.17, 15) is 9.59 Å². The van der Waals surface area contributed by atoms with Gasteiger partial charge in [0.25, 0.3) is 0 Å². The Bertz CT molecular complexity index is 874. The number of carbonyl (C=O) groups is 2. The molecule has 158 valence electrons. The molecule has 30 heavy (non-hydrogen) atoms. The summed E-state index contributed by atoms with van der Waals surface area (Å²) in [4.78, 5) is 30.6. The Hall–Kier alpha value is -2.27. The van der Waals surface area contributed by atoms with E-state index >= 15 is 0 Å². The second kappa shape index (κ2) is 9.25. The lowest BCUT2D eigenvalue weighted by molar-refractivity contribution is -0.140. The Morgan fingerprint density at radius 1 is 0.933 bits per heavy atom. The van der Waals surface area contributed by atoms with Crippen LogP contribution in [0.2, 0.25) is 0 Å². The minimum atomic E-state index is 0.122. The lowest BCUT2D eigenvalue weighted by Gasteiger charge is -2.35. The molecule has 1 aliphatic heterocycles. The zero-order valence-corrected chi connectivity index (χ0v) is 18.6. The minimum Gasteiger partial charge on any atom is -0.339 e. The lowest BCUT2D eigenvalue weighted by atomic mass is 10.1. The fraction of sp³-hybridized carbons (Fsp3) is 0.440. The van der Waals surface area contributed by atoms with Gasteiger partial charge in [-0.25, -0.2) is 0 Å². The molecule has 0 radical (unpaired) electrons. The third-order valence-corrected chi connectivity index (χ3v) is 6.95. The molecular formula is C25H30N2O2S. The lowest BCUT2D eigenvalue weighted by Crippen LogP contribution is -2.51. The molecule has 2 aromatic carbocycles. The molecule has 4 nitrogen and oxygen atoms in total. The zero-order chi connectivity index (χ0) is 21.1. The summed E-state index contributed by atoms with van der Waals surface area (Å²) in [6.45, 7) is 6.91. The number of rotatable bonds is 6. The van der Waals surface area contributed by atoms with Gasteiger partial charge in [0, 0.05) is 42.2 Å². The number of amides is 2. The number of nitrogens with zero attached hydrogens (tertiary/aromatic N) is 2. The van der Waals surface area contributed by atoms with Gasteiger partial charge in [-0.15, -0.1) is 11.8 Å². The molecule has 0 spiro atoms. The van der Waals surface area contributed by atoms with E-state index in [0.717, 1.165) is 12.0 Å². The molecule has 2 aromatic rings. The fourth-order valence-corrected chi connectivity index (χ4v) is 5.03. The van der Waals surface area contributed by atoms with E-state index in [0.29, 0.717) is 43.8 Å². The third kappa shape index (κ3) is 5.07. The molecule has 1 saturated carbocycles. The maximum Gasteiger partial charge on any atom is 0.227 e. The highest BCUT2D eigenvalue weighted by Gasteiger charge is 2.46. The van der Waals surface area contributed by atoms with Gasteiger partial charge in [-0.05, 0) is 35.6 Å². The molecule has 2 amide bonds. The molecule has 0 aromatic heterocycles. The summed E-state index contributed by atoms with van der Waals surface area (Å²) in [6, 6.07) is 18.6. The molecule has 0 bridgehead atoms. The van der Waals surface area contributed by atoms with Crippen LogP contribution >= 0.6 is 11.8 Å². The van der Waals surface area contributed by atoms with Gasteiger partial charge in [0.15, 0.2) is 0 Å². The van der Waals surface area contributed by atoms with Crippen molar-refractivity contribution < 1.29 is 9.59 Å². The van der Waals surface area contributed by atoms with E-state index in [4.69, 9.17) is 0 Å². The average Bonchev–Trinajstić information content (AvgIpc) is 3.56. The quantitative estimate of drug-likeness (QED) is 0.655. The minimum absolute atomic E-state index is 0.122. The largest absolute Gasteiger partial charge is 0.339 e. The Morgan fingerprint density at radius 3 is 2.20 bits per heavy atom. The second-order valence-corrected chi connectivity index (χ2v) is 10.2. The van der Waals surface area contributed by atoms with Crippen molar-refractivity contribution in [2.45, 2.75) is 42.8 Å². The van der Waals surface area contributed by atoms with E-state index in [1.165, 1.54) is 10.5 Å². The van der Waals surface area contributed by atoms with Gasteiger partial charge >= 0.3 is 0 Å². The van der Waals surface area contributed by atoms with Crippen LogP contribution in [0.15, 0.2) is 59.5 Å². The average molecular weight is 423 g/mol. The Morgan fingerprint density at radius 2 is 1.57 bits per heavy atom. The van der Waals surface area contributed by atoms with E-state index < -0.39 is 0 Å². The highest BCUT2D eigenvalue weighted by atomic mass is 32.2. The van der Waals surface area contributed by atoms with Crippen LogP contribution in [0.3, 0.4) is 0 Å². The Labute approximate surface area is 183 Å². The summed E-state index contributed by atoms with van der Waals surface area (Å²) in [5.41, 5.74) is 2.32. The summed E-state index contributed by atoms with van der Waals surface area (Å²) >= 11 is 1.83. The van der Waals surface area contributed by atoms with Crippen LogP contribution in [-0.4, -0.2) is 53.0 Å². The first kappa shape index (κ1) is 21.0. The number of benzene rings is 2. The van der Waals surface area contributed by atoms with E-state index in [-0.39, 0.29) is 17.7 Å². The van der Waals surface area contributed by atoms with Crippen molar-refractivity contribution >= 4 is 23.6 Å². The summed E-state index contributed by atoms with van der Waals surface area (Å²) in [5, 5.41) is 0.551. The fourth-order valence-electron chi connectivity index (χ4n) is 4.19. The number of carbonyl (C=O) groups excluding carboxylic acids is 2. The van der Waals surface area contributed by atoms with Crippen molar-refractivity contribution in [3.05, 3.63) is 65.7 Å². The number of piperazine rings is 1. The zero-order valence-electron chi connectivity index (χ0n) is 17.8. The van der Waals surface area contributed by atoms with Gasteiger partial charge in [0.05, 0.1) is 6.42 Å². The number of thioether (sulfide) groups is 1. The van der Waals surface area contributed by atoms with Crippen molar-refractivity contribution in [1.82, 2.24) is 9.80 Å². The molecule has 1 heterocycles. The first-order valence-electron chi connectivity index (χ1n) is 10.9. The number of hydrogen-bond acceptors (Lipinski definition) is 3. The maximum absolute atomic E-state index is 12.8. The van der Waals surface area contributed by atoms with Crippen LogP contribution in [0.4, 0.5) is 0 Å². The van der Waals surface area contributed by atoms with Gasteiger partial charge < -0.3 is 9.80 Å². The predicted octanol–water partition coefficient (Wildman–Crippen LogP) is 4.20. The van der Waals surface area contributed by atoms with Crippen LogP contribution in [0.25, 0.3) is 0 Å². The second-order valence-electron chi connectivity index (χ2n) is 8.55. The molecule has 0 N–H and O–H groups in total. The standard InChI is InChI=1S/C25H30N2O2S/c1-18(2)30-21-10-8-19(9-11-21)16-24(28)26-12-14-27(15-13-26)25(29)23-17-22(23)20-6-4-3-5-7-20/h3-11,18,22-23H,12-17H2,1-2H3. The molecule has 2 atom stereocenters.